The van der Waals surface area contributed by atoms with E-state index in [2.05, 4.69) is 0 Å². The van der Waals surface area contributed by atoms with Crippen LogP contribution in [0.1, 0.15) is 61.0 Å². The van der Waals surface area contributed by atoms with Gasteiger partial charge in [-0.25, -0.2) is 4.39 Å². The minimum absolute atomic E-state index is 0.0454. The van der Waals surface area contributed by atoms with E-state index in [9.17, 15) is 14.3 Å². The van der Waals surface area contributed by atoms with Gasteiger partial charge in [-0.1, -0.05) is 31.0 Å². The molecule has 5 heteroatoms. The molecular formula is C24H28FNO3. The highest BCUT2D eigenvalue weighted by Crippen LogP contribution is 2.51. The van der Waals surface area contributed by atoms with Crippen molar-refractivity contribution in [3.8, 4) is 5.75 Å². The van der Waals surface area contributed by atoms with Gasteiger partial charge >= 0.3 is 0 Å². The molecule has 0 radical (unpaired) electrons. The highest BCUT2D eigenvalue weighted by molar-refractivity contribution is 5.94. The van der Waals surface area contributed by atoms with Crippen molar-refractivity contribution in [3.63, 3.8) is 0 Å². The van der Waals surface area contributed by atoms with E-state index in [-0.39, 0.29) is 23.7 Å². The van der Waals surface area contributed by atoms with E-state index >= 15 is 0 Å². The molecule has 1 saturated heterocycles. The molecule has 1 aliphatic carbocycles. The van der Waals surface area contributed by atoms with Crippen LogP contribution >= 0.6 is 0 Å². The lowest BCUT2D eigenvalue weighted by Gasteiger charge is -2.52. The van der Waals surface area contributed by atoms with Crippen LogP contribution in [0.25, 0.3) is 0 Å². The number of carbonyl (C=O) groups excluding carboxylic acids is 1. The Morgan fingerprint density at radius 2 is 1.93 bits per heavy atom. The second kappa shape index (κ2) is 8.15. The summed E-state index contributed by atoms with van der Waals surface area (Å²) in [5, 5.41) is 11.4. The number of hydrogen-bond acceptors (Lipinski definition) is 3. The molecule has 4 nitrogen and oxygen atoms in total. The van der Waals surface area contributed by atoms with Crippen molar-refractivity contribution >= 4 is 5.91 Å². The second-order valence-electron chi connectivity index (χ2n) is 8.13. The molecule has 0 aromatic heterocycles. The standard InChI is InChI=1S/C24H28FNO3/c1-2-29-21-9-4-3-7-19(21)22-20-8-5-6-14-24(20,28)15-16-26(22)23(27)17-10-12-18(25)13-11-17/h3-4,7,9-13,20,22,28H,2,5-6,8,14-16H2,1H3/t20-,22+,24-/m0/s1. The summed E-state index contributed by atoms with van der Waals surface area (Å²) in [7, 11) is 0. The van der Waals surface area contributed by atoms with Crippen LogP contribution in [0.2, 0.25) is 0 Å². The second-order valence-corrected chi connectivity index (χ2v) is 8.13. The lowest BCUT2D eigenvalue weighted by atomic mass is 9.66. The van der Waals surface area contributed by atoms with Crippen LogP contribution in [-0.4, -0.2) is 34.7 Å². The molecule has 29 heavy (non-hydrogen) atoms. The zero-order valence-corrected chi connectivity index (χ0v) is 16.8. The molecule has 1 N–H and O–H groups in total. The maximum absolute atomic E-state index is 13.4. The predicted molar refractivity (Wildman–Crippen MR) is 109 cm³/mol. The molecule has 1 amide bonds. The topological polar surface area (TPSA) is 49.8 Å². The summed E-state index contributed by atoms with van der Waals surface area (Å²) in [5.41, 5.74) is 0.642. The summed E-state index contributed by atoms with van der Waals surface area (Å²) in [4.78, 5) is 15.3. The molecule has 3 atom stereocenters. The van der Waals surface area contributed by atoms with Crippen LogP contribution in [0.15, 0.2) is 48.5 Å². The maximum atomic E-state index is 13.4. The summed E-state index contributed by atoms with van der Waals surface area (Å²) in [6.07, 6.45) is 4.26. The Balaban J connectivity index is 1.77. The van der Waals surface area contributed by atoms with Gasteiger partial charge in [0.25, 0.3) is 5.91 Å². The van der Waals surface area contributed by atoms with E-state index in [1.807, 2.05) is 36.1 Å². The molecule has 1 heterocycles. The number of ether oxygens (including phenoxy) is 1. The zero-order valence-electron chi connectivity index (χ0n) is 16.8. The molecule has 4 rings (SSSR count). The van der Waals surface area contributed by atoms with Gasteiger partial charge in [0.1, 0.15) is 11.6 Å². The number of fused-ring (bicyclic) bond motifs is 1. The molecule has 1 saturated carbocycles. The Labute approximate surface area is 171 Å². The predicted octanol–water partition coefficient (Wildman–Crippen LogP) is 4.73. The third-order valence-corrected chi connectivity index (χ3v) is 6.46. The fourth-order valence-electron chi connectivity index (χ4n) is 5.06. The normalized spacial score (nSPS) is 26.7. The fraction of sp³-hybridized carbons (Fsp3) is 0.458. The summed E-state index contributed by atoms with van der Waals surface area (Å²) in [5.74, 6) is 0.219. The van der Waals surface area contributed by atoms with Crippen molar-refractivity contribution in [1.29, 1.82) is 0 Å². The molecule has 154 valence electrons. The third kappa shape index (κ3) is 3.76. The SMILES string of the molecule is CCOc1ccccc1[C@@H]1[C@@H]2CCCC[C@]2(O)CCN1C(=O)c1ccc(F)cc1. The number of halogens is 1. The molecule has 2 aromatic carbocycles. The van der Waals surface area contributed by atoms with E-state index in [4.69, 9.17) is 4.74 Å². The maximum Gasteiger partial charge on any atom is 0.254 e. The van der Waals surface area contributed by atoms with Crippen molar-refractivity contribution in [2.45, 2.75) is 50.7 Å². The largest absolute Gasteiger partial charge is 0.494 e. The van der Waals surface area contributed by atoms with Gasteiger partial charge in [-0.2, -0.15) is 0 Å². The first-order chi connectivity index (χ1) is 14.0. The quantitative estimate of drug-likeness (QED) is 0.811. The molecular weight excluding hydrogens is 369 g/mol. The Morgan fingerprint density at radius 3 is 2.69 bits per heavy atom. The van der Waals surface area contributed by atoms with Gasteiger partial charge in [0.05, 0.1) is 18.2 Å². The van der Waals surface area contributed by atoms with E-state index in [0.717, 1.165) is 37.0 Å². The lowest BCUT2D eigenvalue weighted by Crippen LogP contribution is -2.56. The van der Waals surface area contributed by atoms with Gasteiger partial charge in [0.15, 0.2) is 0 Å². The summed E-state index contributed by atoms with van der Waals surface area (Å²) < 4.78 is 19.3. The Morgan fingerprint density at radius 1 is 1.17 bits per heavy atom. The molecule has 0 bridgehead atoms. The van der Waals surface area contributed by atoms with Gasteiger partial charge in [-0.3, -0.25) is 4.79 Å². The molecule has 0 unspecified atom stereocenters. The highest BCUT2D eigenvalue weighted by Gasteiger charge is 2.50. The number of piperidine rings is 1. The van der Waals surface area contributed by atoms with Crippen LogP contribution < -0.4 is 4.74 Å². The molecule has 2 fully saturated rings. The van der Waals surface area contributed by atoms with Crippen molar-refractivity contribution < 1.29 is 19.0 Å². The number of amides is 1. The lowest BCUT2D eigenvalue weighted by molar-refractivity contribution is -0.115. The monoisotopic (exact) mass is 397 g/mol. The van der Waals surface area contributed by atoms with E-state index in [1.165, 1.54) is 24.3 Å². The van der Waals surface area contributed by atoms with Crippen molar-refractivity contribution in [1.82, 2.24) is 4.90 Å². The number of benzene rings is 2. The van der Waals surface area contributed by atoms with Crippen molar-refractivity contribution in [3.05, 3.63) is 65.5 Å². The van der Waals surface area contributed by atoms with Gasteiger partial charge in [0.2, 0.25) is 0 Å². The Hall–Kier alpha value is -2.40. The number of rotatable bonds is 4. The fourth-order valence-corrected chi connectivity index (χ4v) is 5.06. The number of aliphatic hydroxyl groups is 1. The first-order valence-electron chi connectivity index (χ1n) is 10.5. The summed E-state index contributed by atoms with van der Waals surface area (Å²) in [6, 6.07) is 13.2. The average Bonchev–Trinajstić information content (AvgIpc) is 2.73. The van der Waals surface area contributed by atoms with Crippen LogP contribution in [0.4, 0.5) is 4.39 Å². The Kier molecular flexibility index (Phi) is 5.59. The van der Waals surface area contributed by atoms with E-state index in [1.54, 1.807) is 0 Å². The third-order valence-electron chi connectivity index (χ3n) is 6.46. The molecule has 0 spiro atoms. The Bertz CT molecular complexity index is 869. The van der Waals surface area contributed by atoms with Gasteiger partial charge < -0.3 is 14.7 Å². The molecule has 2 aromatic rings. The van der Waals surface area contributed by atoms with Crippen molar-refractivity contribution in [2.75, 3.05) is 13.2 Å². The first kappa shape index (κ1) is 19.9. The van der Waals surface area contributed by atoms with Crippen LogP contribution in [0.3, 0.4) is 0 Å². The zero-order chi connectivity index (χ0) is 20.4. The van der Waals surface area contributed by atoms with Crippen LogP contribution in [0.5, 0.6) is 5.75 Å². The number of carbonyl (C=O) groups is 1. The molecule has 2 aliphatic rings. The first-order valence-corrected chi connectivity index (χ1v) is 10.5. The molecule has 1 aliphatic heterocycles. The number of nitrogens with zero attached hydrogens (tertiary/aromatic N) is 1. The highest BCUT2D eigenvalue weighted by atomic mass is 19.1. The minimum Gasteiger partial charge on any atom is -0.494 e. The van der Waals surface area contributed by atoms with Crippen LogP contribution in [-0.2, 0) is 0 Å². The van der Waals surface area contributed by atoms with E-state index < -0.39 is 5.60 Å². The van der Waals surface area contributed by atoms with Crippen LogP contribution in [0, 0.1) is 11.7 Å². The average molecular weight is 397 g/mol. The van der Waals surface area contributed by atoms with Gasteiger partial charge in [-0.15, -0.1) is 0 Å². The summed E-state index contributed by atoms with van der Waals surface area (Å²) in [6.45, 7) is 2.94. The summed E-state index contributed by atoms with van der Waals surface area (Å²) >= 11 is 0. The number of likely N-dealkylation sites (tertiary alicyclic amines) is 1. The van der Waals surface area contributed by atoms with Gasteiger partial charge in [-0.05, 0) is 56.5 Å². The van der Waals surface area contributed by atoms with E-state index in [0.29, 0.717) is 25.1 Å². The smallest absolute Gasteiger partial charge is 0.254 e. The number of para-hydroxylation sites is 1. The number of hydrogen-bond donors (Lipinski definition) is 1. The van der Waals surface area contributed by atoms with Crippen molar-refractivity contribution in [2.24, 2.45) is 5.92 Å². The minimum atomic E-state index is -0.762. The van der Waals surface area contributed by atoms with Gasteiger partial charge in [0, 0.05) is 23.6 Å².